The van der Waals surface area contributed by atoms with Gasteiger partial charge in [0.05, 0.1) is 16.9 Å². The molecule has 106 valence electrons. The summed E-state index contributed by atoms with van der Waals surface area (Å²) in [5, 5.41) is 0. The zero-order valence-corrected chi connectivity index (χ0v) is 10.9. The van der Waals surface area contributed by atoms with E-state index in [1.165, 1.54) is 6.07 Å². The van der Waals surface area contributed by atoms with E-state index in [1.54, 1.807) is 12.2 Å². The lowest BCUT2D eigenvalue weighted by molar-refractivity contribution is -0.137. The lowest BCUT2D eigenvalue weighted by atomic mass is 10.1. The lowest BCUT2D eigenvalue weighted by Gasteiger charge is -2.21. The number of hydrogen-bond donors (Lipinski definition) is 1. The molecule has 1 aromatic carbocycles. The normalized spacial score (nSPS) is 15.7. The molecule has 2 N–H and O–H groups in total. The number of hydrogen-bond acceptors (Lipinski definition) is 2. The molecule has 0 amide bonds. The van der Waals surface area contributed by atoms with Crippen molar-refractivity contribution in [1.82, 2.24) is 0 Å². The summed E-state index contributed by atoms with van der Waals surface area (Å²) in [4.78, 5) is 1.91. The van der Waals surface area contributed by atoms with Crippen LogP contribution in [-0.2, 0) is 6.18 Å². The van der Waals surface area contributed by atoms with E-state index in [0.717, 1.165) is 23.3 Å². The first-order valence-electron chi connectivity index (χ1n) is 6.05. The quantitative estimate of drug-likeness (QED) is 0.854. The highest BCUT2D eigenvalue weighted by Gasteiger charge is 2.31. The van der Waals surface area contributed by atoms with Gasteiger partial charge in [0.25, 0.3) is 0 Å². The van der Waals surface area contributed by atoms with E-state index in [1.807, 2.05) is 4.90 Å². The van der Waals surface area contributed by atoms with Crippen LogP contribution < -0.4 is 10.6 Å². The summed E-state index contributed by atoms with van der Waals surface area (Å²) in [7, 11) is 0. The number of benzene rings is 1. The maximum atomic E-state index is 12.6. The van der Waals surface area contributed by atoms with Crippen LogP contribution in [0.2, 0.25) is 0 Å². The Hall–Kier alpha value is -2.17. The summed E-state index contributed by atoms with van der Waals surface area (Å²) >= 11 is 0. The molecule has 1 aliphatic rings. The van der Waals surface area contributed by atoms with Crippen LogP contribution in [-0.4, -0.2) is 13.1 Å². The zero-order valence-electron chi connectivity index (χ0n) is 10.9. The predicted molar refractivity (Wildman–Crippen MR) is 75.5 cm³/mol. The van der Waals surface area contributed by atoms with Crippen molar-refractivity contribution in [2.75, 3.05) is 23.7 Å². The van der Waals surface area contributed by atoms with Crippen molar-refractivity contribution >= 4 is 11.4 Å². The van der Waals surface area contributed by atoms with Crippen molar-refractivity contribution in [3.8, 4) is 0 Å². The maximum Gasteiger partial charge on any atom is 0.416 e. The molecule has 1 aliphatic heterocycles. The van der Waals surface area contributed by atoms with Gasteiger partial charge in [-0.1, -0.05) is 25.3 Å². The maximum absolute atomic E-state index is 12.6. The minimum absolute atomic E-state index is 0.119. The van der Waals surface area contributed by atoms with E-state index in [9.17, 15) is 13.2 Å². The first-order chi connectivity index (χ1) is 9.36. The van der Waals surface area contributed by atoms with Crippen molar-refractivity contribution in [2.24, 2.45) is 0 Å². The van der Waals surface area contributed by atoms with Crippen molar-refractivity contribution < 1.29 is 13.2 Å². The Labute approximate surface area is 115 Å². The smallest absolute Gasteiger partial charge is 0.397 e. The van der Waals surface area contributed by atoms with Crippen LogP contribution in [0.1, 0.15) is 5.56 Å². The number of nitrogen functional groups attached to an aromatic ring is 1. The standard InChI is InChI=1S/C15H15F3N2/c1-3-10-8-20(9-11(10)4-2)14-6-5-12(7-13(14)19)15(16,17)18/h3-7H,1-2,8-9,19H2. The minimum atomic E-state index is -4.38. The summed E-state index contributed by atoms with van der Waals surface area (Å²) in [5.74, 6) is 0. The lowest BCUT2D eigenvalue weighted by Crippen LogP contribution is -2.22. The van der Waals surface area contributed by atoms with Crippen LogP contribution in [0.5, 0.6) is 0 Å². The fourth-order valence-electron chi connectivity index (χ4n) is 2.25. The summed E-state index contributed by atoms with van der Waals surface area (Å²) in [5.41, 5.74) is 7.76. The van der Waals surface area contributed by atoms with Gasteiger partial charge in [-0.2, -0.15) is 13.2 Å². The number of nitrogens with two attached hydrogens (primary N) is 1. The number of anilines is 2. The molecule has 0 saturated carbocycles. The van der Waals surface area contributed by atoms with Gasteiger partial charge in [0.1, 0.15) is 0 Å². The Bertz CT molecular complexity index is 565. The van der Waals surface area contributed by atoms with Gasteiger partial charge in [0, 0.05) is 13.1 Å². The highest BCUT2D eigenvalue weighted by molar-refractivity contribution is 5.71. The Balaban J connectivity index is 2.29. The van der Waals surface area contributed by atoms with Gasteiger partial charge in [0.15, 0.2) is 0 Å². The minimum Gasteiger partial charge on any atom is -0.397 e. The molecule has 0 radical (unpaired) electrons. The molecule has 0 unspecified atom stereocenters. The van der Waals surface area contributed by atoms with Crippen LogP contribution in [0, 0.1) is 0 Å². The van der Waals surface area contributed by atoms with E-state index in [0.29, 0.717) is 18.8 Å². The molecule has 2 nitrogen and oxygen atoms in total. The molecule has 0 aliphatic carbocycles. The van der Waals surface area contributed by atoms with Crippen LogP contribution in [0.3, 0.4) is 0 Å². The molecule has 0 saturated heterocycles. The first kappa shape index (κ1) is 14.2. The molecule has 5 heteroatoms. The molecule has 0 atom stereocenters. The van der Waals surface area contributed by atoms with Gasteiger partial charge in [0.2, 0.25) is 0 Å². The first-order valence-corrected chi connectivity index (χ1v) is 6.05. The molecule has 20 heavy (non-hydrogen) atoms. The van der Waals surface area contributed by atoms with E-state index >= 15 is 0 Å². The second-order valence-corrected chi connectivity index (χ2v) is 4.59. The van der Waals surface area contributed by atoms with E-state index < -0.39 is 11.7 Å². The van der Waals surface area contributed by atoms with Crippen LogP contribution in [0.4, 0.5) is 24.5 Å². The second-order valence-electron chi connectivity index (χ2n) is 4.59. The SMILES string of the molecule is C=CC1=C(C=C)CN(c2ccc(C(F)(F)F)cc2N)C1. The van der Waals surface area contributed by atoms with Gasteiger partial charge in [-0.05, 0) is 29.3 Å². The fraction of sp³-hybridized carbons (Fsp3) is 0.200. The molecular formula is C15H15F3N2. The second kappa shape index (κ2) is 5.07. The van der Waals surface area contributed by atoms with Crippen molar-refractivity contribution in [1.29, 1.82) is 0 Å². The predicted octanol–water partition coefficient (Wildman–Crippen LogP) is 3.78. The van der Waals surface area contributed by atoms with Crippen LogP contribution in [0.25, 0.3) is 0 Å². The molecule has 0 bridgehead atoms. The van der Waals surface area contributed by atoms with Crippen molar-refractivity contribution in [3.05, 3.63) is 60.2 Å². The average molecular weight is 280 g/mol. The van der Waals surface area contributed by atoms with E-state index in [4.69, 9.17) is 5.73 Å². The summed E-state index contributed by atoms with van der Waals surface area (Å²) in [6, 6.07) is 3.42. The highest BCUT2D eigenvalue weighted by atomic mass is 19.4. The van der Waals surface area contributed by atoms with E-state index in [-0.39, 0.29) is 5.69 Å². The van der Waals surface area contributed by atoms with Crippen LogP contribution in [0.15, 0.2) is 54.7 Å². The van der Waals surface area contributed by atoms with Gasteiger partial charge in [-0.3, -0.25) is 0 Å². The summed E-state index contributed by atoms with van der Waals surface area (Å²) in [6.45, 7) is 8.59. The molecular weight excluding hydrogens is 265 g/mol. The molecule has 0 aromatic heterocycles. The van der Waals surface area contributed by atoms with Gasteiger partial charge < -0.3 is 10.6 Å². The van der Waals surface area contributed by atoms with E-state index in [2.05, 4.69) is 13.2 Å². The van der Waals surface area contributed by atoms with Crippen molar-refractivity contribution in [2.45, 2.75) is 6.18 Å². The molecule has 1 heterocycles. The highest BCUT2D eigenvalue weighted by Crippen LogP contribution is 2.35. The Morgan fingerprint density at radius 3 is 2.05 bits per heavy atom. The third-order valence-electron chi connectivity index (χ3n) is 3.32. The third kappa shape index (κ3) is 2.57. The van der Waals surface area contributed by atoms with Gasteiger partial charge >= 0.3 is 6.18 Å². The molecule has 0 spiro atoms. The zero-order chi connectivity index (χ0) is 14.9. The number of alkyl halides is 3. The largest absolute Gasteiger partial charge is 0.416 e. The third-order valence-corrected chi connectivity index (χ3v) is 3.32. The molecule has 0 fully saturated rings. The summed E-state index contributed by atoms with van der Waals surface area (Å²) in [6.07, 6.45) is -0.914. The number of rotatable bonds is 3. The Kier molecular flexibility index (Phi) is 3.61. The Morgan fingerprint density at radius 2 is 1.65 bits per heavy atom. The molecule has 2 rings (SSSR count). The average Bonchev–Trinajstić information content (AvgIpc) is 2.80. The topological polar surface area (TPSA) is 29.3 Å². The van der Waals surface area contributed by atoms with Gasteiger partial charge in [-0.25, -0.2) is 0 Å². The number of halogens is 3. The fourth-order valence-corrected chi connectivity index (χ4v) is 2.25. The van der Waals surface area contributed by atoms with Gasteiger partial charge in [-0.15, -0.1) is 0 Å². The Morgan fingerprint density at radius 1 is 1.10 bits per heavy atom. The number of nitrogens with zero attached hydrogens (tertiary/aromatic N) is 1. The molecule has 1 aromatic rings. The van der Waals surface area contributed by atoms with Crippen molar-refractivity contribution in [3.63, 3.8) is 0 Å². The summed E-state index contributed by atoms with van der Waals surface area (Å²) < 4.78 is 37.8. The van der Waals surface area contributed by atoms with Crippen LogP contribution >= 0.6 is 0 Å². The monoisotopic (exact) mass is 280 g/mol.